The zero-order valence-corrected chi connectivity index (χ0v) is 14.4. The van der Waals surface area contributed by atoms with Crippen LogP contribution in [0.1, 0.15) is 30.0 Å². The minimum atomic E-state index is -0.407. The Kier molecular flexibility index (Phi) is 5.03. The van der Waals surface area contributed by atoms with Gasteiger partial charge in [-0.1, -0.05) is 0 Å². The van der Waals surface area contributed by atoms with Gasteiger partial charge in [0.15, 0.2) is 16.6 Å². The number of nitrogens with one attached hydrogen (secondary N) is 1. The van der Waals surface area contributed by atoms with Crippen molar-refractivity contribution < 1.29 is 9.53 Å². The van der Waals surface area contributed by atoms with Crippen LogP contribution in [-0.4, -0.2) is 51.1 Å². The van der Waals surface area contributed by atoms with E-state index in [0.717, 1.165) is 25.3 Å². The number of amides is 1. The zero-order valence-electron chi connectivity index (χ0n) is 13.6. The van der Waals surface area contributed by atoms with E-state index in [1.165, 1.54) is 23.7 Å². The monoisotopic (exact) mass is 348 g/mol. The average molecular weight is 348 g/mol. The summed E-state index contributed by atoms with van der Waals surface area (Å²) in [7, 11) is 0. The molecule has 0 unspecified atom stereocenters. The number of rotatable bonds is 4. The van der Waals surface area contributed by atoms with Crippen molar-refractivity contribution in [2.45, 2.75) is 32.6 Å². The number of carbonyl (C=O) groups is 1. The highest BCUT2D eigenvalue weighted by Crippen LogP contribution is 2.20. The Balaban J connectivity index is 1.61. The predicted octanol–water partition coefficient (Wildman–Crippen LogP) is 1.38. The van der Waals surface area contributed by atoms with Crippen LogP contribution in [0.5, 0.6) is 0 Å². The summed E-state index contributed by atoms with van der Waals surface area (Å²) in [6, 6.07) is 0. The second-order valence-electron chi connectivity index (χ2n) is 5.84. The Morgan fingerprint density at radius 3 is 2.79 bits per heavy atom. The fourth-order valence-corrected chi connectivity index (χ4v) is 3.46. The number of hydrogen-bond acceptors (Lipinski definition) is 8. The van der Waals surface area contributed by atoms with E-state index in [1.807, 2.05) is 5.38 Å². The lowest BCUT2D eigenvalue weighted by Gasteiger charge is -2.34. The maximum absolute atomic E-state index is 12.2. The Hall–Kier alpha value is -2.10. The molecule has 0 saturated carbocycles. The molecule has 0 radical (unpaired) electrons. The Bertz CT molecular complexity index is 711. The first-order valence-corrected chi connectivity index (χ1v) is 8.59. The SMILES string of the molecule is C[C@@H]1CN(Cc2csc(NC(=O)c3nccnc3N)n2)C[C@H](C)O1. The Labute approximate surface area is 144 Å². The highest BCUT2D eigenvalue weighted by molar-refractivity contribution is 7.13. The summed E-state index contributed by atoms with van der Waals surface area (Å²) in [6.45, 7) is 6.62. The van der Waals surface area contributed by atoms with Crippen LogP contribution in [-0.2, 0) is 11.3 Å². The number of nitrogen functional groups attached to an aromatic ring is 1. The number of anilines is 2. The van der Waals surface area contributed by atoms with Gasteiger partial charge in [-0.2, -0.15) is 0 Å². The fraction of sp³-hybridized carbons (Fsp3) is 0.467. The number of carbonyl (C=O) groups excluding carboxylic acids is 1. The number of morpholine rings is 1. The molecule has 1 amide bonds. The van der Waals surface area contributed by atoms with E-state index in [2.05, 4.69) is 39.0 Å². The van der Waals surface area contributed by atoms with Crippen LogP contribution in [0.15, 0.2) is 17.8 Å². The molecule has 2 aromatic heterocycles. The van der Waals surface area contributed by atoms with Gasteiger partial charge in [-0.05, 0) is 13.8 Å². The molecule has 1 aliphatic heterocycles. The summed E-state index contributed by atoms with van der Waals surface area (Å²) >= 11 is 1.38. The summed E-state index contributed by atoms with van der Waals surface area (Å²) in [5, 5.41) is 5.18. The van der Waals surface area contributed by atoms with Crippen LogP contribution in [0, 0.1) is 0 Å². The first kappa shape index (κ1) is 16.7. The molecule has 3 rings (SSSR count). The van der Waals surface area contributed by atoms with E-state index in [-0.39, 0.29) is 23.7 Å². The van der Waals surface area contributed by atoms with Crippen LogP contribution < -0.4 is 11.1 Å². The van der Waals surface area contributed by atoms with E-state index >= 15 is 0 Å². The Morgan fingerprint density at radius 1 is 1.38 bits per heavy atom. The number of nitrogens with two attached hydrogens (primary N) is 1. The van der Waals surface area contributed by atoms with Crippen molar-refractivity contribution in [2.75, 3.05) is 24.1 Å². The predicted molar refractivity (Wildman–Crippen MR) is 91.8 cm³/mol. The zero-order chi connectivity index (χ0) is 17.1. The first-order chi connectivity index (χ1) is 11.5. The molecular formula is C15H20N6O2S. The summed E-state index contributed by atoms with van der Waals surface area (Å²) in [4.78, 5) is 26.7. The molecule has 8 nitrogen and oxygen atoms in total. The number of thiazole rings is 1. The van der Waals surface area contributed by atoms with E-state index in [1.54, 1.807) is 0 Å². The highest BCUT2D eigenvalue weighted by Gasteiger charge is 2.23. The molecule has 24 heavy (non-hydrogen) atoms. The quantitative estimate of drug-likeness (QED) is 0.859. The van der Waals surface area contributed by atoms with Gasteiger partial charge in [0.25, 0.3) is 5.91 Å². The van der Waals surface area contributed by atoms with Gasteiger partial charge in [-0.25, -0.2) is 15.0 Å². The maximum Gasteiger partial charge on any atom is 0.279 e. The van der Waals surface area contributed by atoms with Gasteiger partial charge < -0.3 is 10.5 Å². The molecule has 1 fully saturated rings. The van der Waals surface area contributed by atoms with Crippen molar-refractivity contribution in [3.8, 4) is 0 Å². The molecule has 128 valence electrons. The van der Waals surface area contributed by atoms with E-state index < -0.39 is 5.91 Å². The third-order valence-corrected chi connectivity index (χ3v) is 4.40. The van der Waals surface area contributed by atoms with Crippen LogP contribution in [0.2, 0.25) is 0 Å². The van der Waals surface area contributed by atoms with Crippen molar-refractivity contribution in [1.82, 2.24) is 19.9 Å². The van der Waals surface area contributed by atoms with Gasteiger partial charge in [0.05, 0.1) is 17.9 Å². The normalized spacial score (nSPS) is 21.6. The molecule has 2 atom stereocenters. The lowest BCUT2D eigenvalue weighted by atomic mass is 10.2. The van der Waals surface area contributed by atoms with Gasteiger partial charge in [-0.3, -0.25) is 15.0 Å². The molecule has 0 bridgehead atoms. The number of ether oxygens (including phenoxy) is 1. The smallest absolute Gasteiger partial charge is 0.279 e. The van der Waals surface area contributed by atoms with Crippen molar-refractivity contribution in [2.24, 2.45) is 0 Å². The first-order valence-electron chi connectivity index (χ1n) is 7.71. The number of nitrogens with zero attached hydrogens (tertiary/aromatic N) is 4. The largest absolute Gasteiger partial charge is 0.382 e. The van der Waals surface area contributed by atoms with Gasteiger partial charge >= 0.3 is 0 Å². The molecule has 0 aliphatic carbocycles. The molecule has 0 aromatic carbocycles. The van der Waals surface area contributed by atoms with Gasteiger partial charge in [0, 0.05) is 37.4 Å². The molecule has 0 spiro atoms. The minimum absolute atomic E-state index is 0.100. The second kappa shape index (κ2) is 7.20. The molecule has 9 heteroatoms. The Morgan fingerprint density at radius 2 is 2.08 bits per heavy atom. The third-order valence-electron chi connectivity index (χ3n) is 3.59. The fourth-order valence-electron chi connectivity index (χ4n) is 2.76. The molecule has 1 aliphatic rings. The molecule has 3 N–H and O–H groups in total. The van der Waals surface area contributed by atoms with Crippen LogP contribution >= 0.6 is 11.3 Å². The minimum Gasteiger partial charge on any atom is -0.382 e. The lowest BCUT2D eigenvalue weighted by molar-refractivity contribution is -0.0707. The molecule has 3 heterocycles. The van der Waals surface area contributed by atoms with Crippen molar-refractivity contribution in [1.29, 1.82) is 0 Å². The second-order valence-corrected chi connectivity index (χ2v) is 6.70. The molecular weight excluding hydrogens is 328 g/mol. The third kappa shape index (κ3) is 4.05. The lowest BCUT2D eigenvalue weighted by Crippen LogP contribution is -2.44. The van der Waals surface area contributed by atoms with Crippen molar-refractivity contribution in [3.05, 3.63) is 29.2 Å². The van der Waals surface area contributed by atoms with Gasteiger partial charge in [0.2, 0.25) is 0 Å². The summed E-state index contributed by atoms with van der Waals surface area (Å²) < 4.78 is 5.73. The molecule has 2 aromatic rings. The van der Waals surface area contributed by atoms with Crippen molar-refractivity contribution in [3.63, 3.8) is 0 Å². The van der Waals surface area contributed by atoms with E-state index in [4.69, 9.17) is 10.5 Å². The van der Waals surface area contributed by atoms with Crippen LogP contribution in [0.25, 0.3) is 0 Å². The standard InChI is InChI=1S/C15H20N6O2S/c1-9-5-21(6-10(2)23-9)7-11-8-24-15(19-11)20-14(22)12-13(16)18-4-3-17-12/h3-4,8-10H,5-7H2,1-2H3,(H2,16,18)(H,19,20,22)/t9-,10+. The number of aromatic nitrogens is 3. The van der Waals surface area contributed by atoms with Gasteiger partial charge in [0.1, 0.15) is 0 Å². The maximum atomic E-state index is 12.2. The van der Waals surface area contributed by atoms with Crippen LogP contribution in [0.4, 0.5) is 10.9 Å². The van der Waals surface area contributed by atoms with Crippen molar-refractivity contribution >= 4 is 28.2 Å². The summed E-state index contributed by atoms with van der Waals surface area (Å²) in [6.07, 6.45) is 3.30. The van der Waals surface area contributed by atoms with Crippen LogP contribution in [0.3, 0.4) is 0 Å². The van der Waals surface area contributed by atoms with E-state index in [0.29, 0.717) is 5.13 Å². The number of hydrogen-bond donors (Lipinski definition) is 2. The molecule has 1 saturated heterocycles. The topological polar surface area (TPSA) is 106 Å². The van der Waals surface area contributed by atoms with Gasteiger partial charge in [-0.15, -0.1) is 11.3 Å². The van der Waals surface area contributed by atoms with E-state index in [9.17, 15) is 4.79 Å². The summed E-state index contributed by atoms with van der Waals surface area (Å²) in [5.74, 6) is -0.307. The summed E-state index contributed by atoms with van der Waals surface area (Å²) in [5.41, 5.74) is 6.68. The average Bonchev–Trinajstić information content (AvgIpc) is 2.93. The highest BCUT2D eigenvalue weighted by atomic mass is 32.1.